The van der Waals surface area contributed by atoms with Crippen LogP contribution in [0.15, 0.2) is 36.4 Å². The van der Waals surface area contributed by atoms with Crippen LogP contribution in [0.3, 0.4) is 0 Å². The molecule has 0 saturated carbocycles. The molecule has 150 valence electrons. The monoisotopic (exact) mass is 406 g/mol. The summed E-state index contributed by atoms with van der Waals surface area (Å²) < 4.78 is 111. The predicted octanol–water partition coefficient (Wildman–Crippen LogP) is 3.87. The zero-order chi connectivity index (χ0) is 21.3. The molecule has 0 fully saturated rings. The van der Waals surface area contributed by atoms with E-state index in [2.05, 4.69) is 4.74 Å². The zero-order valence-electron chi connectivity index (χ0n) is 13.2. The highest BCUT2D eigenvalue weighted by Crippen LogP contribution is 2.53. The fraction of sp³-hybridized carbons (Fsp3) is 0.333. The van der Waals surface area contributed by atoms with Gasteiger partial charge in [-0.15, -0.1) is 0 Å². The summed E-state index contributed by atoms with van der Waals surface area (Å²) in [6.45, 7) is 0. The number of carbonyl (C=O) groups is 2. The number of halogens is 8. The minimum absolute atomic E-state index is 0.133. The van der Waals surface area contributed by atoms with E-state index in [9.17, 15) is 49.8 Å². The van der Waals surface area contributed by atoms with Crippen LogP contribution in [0.2, 0.25) is 0 Å². The molecule has 0 saturated heterocycles. The third kappa shape index (κ3) is 3.60. The fourth-order valence-corrected chi connectivity index (χ4v) is 1.71. The molecule has 0 spiro atoms. The molecule has 0 bridgehead atoms. The lowest BCUT2D eigenvalue weighted by molar-refractivity contribution is -0.349. The van der Waals surface area contributed by atoms with Gasteiger partial charge in [0.05, 0.1) is 7.11 Å². The number of allylic oxidation sites excluding steroid dienone is 1. The average molecular weight is 406 g/mol. The van der Waals surface area contributed by atoms with E-state index in [1.165, 1.54) is 18.2 Å². The van der Waals surface area contributed by atoms with E-state index in [0.717, 1.165) is 12.1 Å². The lowest BCUT2D eigenvalue weighted by Gasteiger charge is -2.34. The van der Waals surface area contributed by atoms with Gasteiger partial charge in [0.25, 0.3) is 0 Å². The van der Waals surface area contributed by atoms with Crippen LogP contribution in [0, 0.1) is 0 Å². The number of aliphatic hydroxyl groups excluding tert-OH is 1. The third-order valence-electron chi connectivity index (χ3n) is 3.27. The summed E-state index contributed by atoms with van der Waals surface area (Å²) in [4.78, 5) is 22.0. The van der Waals surface area contributed by atoms with Crippen LogP contribution < -0.4 is 0 Å². The first-order chi connectivity index (χ1) is 12.1. The maximum absolute atomic E-state index is 13.6. The van der Waals surface area contributed by atoms with Crippen molar-refractivity contribution in [1.82, 2.24) is 0 Å². The lowest BCUT2D eigenvalue weighted by Crippen LogP contribution is -2.66. The Hall–Kier alpha value is -2.66. The summed E-state index contributed by atoms with van der Waals surface area (Å²) in [7, 11) is 0.133. The van der Waals surface area contributed by atoms with Crippen LogP contribution >= 0.6 is 0 Å². The number of ether oxygens (including phenoxy) is 1. The van der Waals surface area contributed by atoms with Gasteiger partial charge < -0.3 is 9.84 Å². The van der Waals surface area contributed by atoms with Gasteiger partial charge in [0.2, 0.25) is 5.78 Å². The SMILES string of the molecule is COC(=O)C(F)(F)C(F)(F)C(F)(F)C(F)(F)C(=O)C=C(O)c1ccccc1. The second-order valence-electron chi connectivity index (χ2n) is 5.05. The van der Waals surface area contributed by atoms with Crippen molar-refractivity contribution in [3.05, 3.63) is 42.0 Å². The fourth-order valence-electron chi connectivity index (χ4n) is 1.71. The summed E-state index contributed by atoms with van der Waals surface area (Å²) in [5, 5.41) is 9.46. The average Bonchev–Trinajstić information content (AvgIpc) is 2.60. The van der Waals surface area contributed by atoms with Crippen LogP contribution in [0.4, 0.5) is 35.1 Å². The summed E-state index contributed by atoms with van der Waals surface area (Å²) in [5.74, 6) is -34.4. The van der Waals surface area contributed by atoms with Crippen molar-refractivity contribution in [2.24, 2.45) is 0 Å². The van der Waals surface area contributed by atoms with Crippen LogP contribution in [0.1, 0.15) is 5.56 Å². The van der Waals surface area contributed by atoms with Crippen molar-refractivity contribution >= 4 is 17.5 Å². The van der Waals surface area contributed by atoms with Crippen molar-refractivity contribution in [2.75, 3.05) is 7.11 Å². The van der Waals surface area contributed by atoms with Crippen molar-refractivity contribution in [3.8, 4) is 0 Å². The van der Waals surface area contributed by atoms with Gasteiger partial charge in [-0.2, -0.15) is 35.1 Å². The van der Waals surface area contributed by atoms with Gasteiger partial charge in [-0.1, -0.05) is 30.3 Å². The smallest absolute Gasteiger partial charge is 0.410 e. The molecule has 0 atom stereocenters. The van der Waals surface area contributed by atoms with Crippen molar-refractivity contribution in [1.29, 1.82) is 0 Å². The molecular formula is C15H10F8O4. The Morgan fingerprint density at radius 2 is 1.33 bits per heavy atom. The molecule has 1 aromatic carbocycles. The topological polar surface area (TPSA) is 63.6 Å². The molecule has 0 aliphatic carbocycles. The molecule has 12 heteroatoms. The van der Waals surface area contributed by atoms with Gasteiger partial charge in [-0.05, 0) is 0 Å². The molecule has 27 heavy (non-hydrogen) atoms. The summed E-state index contributed by atoms with van der Waals surface area (Å²) in [5.41, 5.74) is -0.323. The first-order valence-electron chi connectivity index (χ1n) is 6.74. The van der Waals surface area contributed by atoms with E-state index in [4.69, 9.17) is 0 Å². The normalized spacial score (nSPS) is 14.0. The zero-order valence-corrected chi connectivity index (χ0v) is 13.2. The summed E-state index contributed by atoms with van der Waals surface area (Å²) in [6.07, 6.45) is -0.518. The largest absolute Gasteiger partial charge is 0.507 e. The molecule has 1 N–H and O–H groups in total. The molecule has 0 unspecified atom stereocenters. The molecule has 4 nitrogen and oxygen atoms in total. The number of benzene rings is 1. The number of ketones is 1. The number of methoxy groups -OCH3 is 1. The molecule has 0 aromatic heterocycles. The Morgan fingerprint density at radius 1 is 0.889 bits per heavy atom. The standard InChI is InChI=1S/C15H10F8O4/c1-27-11(26)13(18,19)15(22,23)14(20,21)12(16,17)10(25)7-9(24)8-5-3-2-4-6-8/h2-7,24H,1H3. The van der Waals surface area contributed by atoms with Gasteiger partial charge in [0.15, 0.2) is 0 Å². The molecular weight excluding hydrogens is 396 g/mol. The number of carbonyl (C=O) groups excluding carboxylic acids is 2. The summed E-state index contributed by atoms with van der Waals surface area (Å²) >= 11 is 0. The number of hydrogen-bond donors (Lipinski definition) is 1. The van der Waals surface area contributed by atoms with Gasteiger partial charge >= 0.3 is 29.7 Å². The Morgan fingerprint density at radius 3 is 1.78 bits per heavy atom. The van der Waals surface area contributed by atoms with E-state index >= 15 is 0 Å². The van der Waals surface area contributed by atoms with Crippen LogP contribution in [-0.2, 0) is 14.3 Å². The second kappa shape index (κ2) is 7.16. The number of aliphatic hydroxyl groups is 1. The highest BCUT2D eigenvalue weighted by molar-refractivity contribution is 6.01. The Balaban J connectivity index is 3.34. The van der Waals surface area contributed by atoms with E-state index in [1.54, 1.807) is 0 Å². The summed E-state index contributed by atoms with van der Waals surface area (Å²) in [6, 6.07) is 6.00. The van der Waals surface area contributed by atoms with E-state index in [1.807, 2.05) is 0 Å². The number of hydrogen-bond acceptors (Lipinski definition) is 4. The van der Waals surface area contributed by atoms with Crippen molar-refractivity contribution < 1.29 is 54.6 Å². The first kappa shape index (κ1) is 22.4. The highest BCUT2D eigenvalue weighted by Gasteiger charge is 2.84. The number of esters is 1. The Bertz CT molecular complexity index is 743. The molecule has 1 rings (SSSR count). The number of rotatable bonds is 7. The first-order valence-corrected chi connectivity index (χ1v) is 6.74. The van der Waals surface area contributed by atoms with Crippen LogP contribution in [0.25, 0.3) is 5.76 Å². The molecule has 0 amide bonds. The molecule has 0 aliphatic heterocycles. The maximum Gasteiger partial charge on any atom is 0.410 e. The van der Waals surface area contributed by atoms with Crippen molar-refractivity contribution in [3.63, 3.8) is 0 Å². The molecule has 0 radical (unpaired) electrons. The quantitative estimate of drug-likeness (QED) is 0.323. The van der Waals surface area contributed by atoms with Crippen LogP contribution in [-0.4, -0.2) is 47.7 Å². The lowest BCUT2D eigenvalue weighted by atomic mass is 9.95. The molecule has 0 heterocycles. The second-order valence-corrected chi connectivity index (χ2v) is 5.05. The number of alkyl halides is 8. The van der Waals surface area contributed by atoms with Gasteiger partial charge in [0, 0.05) is 11.6 Å². The van der Waals surface area contributed by atoms with E-state index in [-0.39, 0.29) is 12.7 Å². The Kier molecular flexibility index (Phi) is 5.93. The van der Waals surface area contributed by atoms with Gasteiger partial charge in [-0.3, -0.25) is 4.79 Å². The minimum Gasteiger partial charge on any atom is -0.507 e. The van der Waals surface area contributed by atoms with E-state index < -0.39 is 47.3 Å². The van der Waals surface area contributed by atoms with Gasteiger partial charge in [-0.25, -0.2) is 4.79 Å². The van der Waals surface area contributed by atoms with E-state index in [0.29, 0.717) is 0 Å². The molecule has 0 aliphatic rings. The highest BCUT2D eigenvalue weighted by atomic mass is 19.4. The molecule has 1 aromatic rings. The minimum atomic E-state index is -7.01. The van der Waals surface area contributed by atoms with Crippen LogP contribution in [0.5, 0.6) is 0 Å². The third-order valence-corrected chi connectivity index (χ3v) is 3.27. The predicted molar refractivity (Wildman–Crippen MR) is 73.9 cm³/mol. The van der Waals surface area contributed by atoms with Crippen molar-refractivity contribution in [2.45, 2.75) is 23.7 Å². The van der Waals surface area contributed by atoms with Gasteiger partial charge in [0.1, 0.15) is 5.76 Å². The maximum atomic E-state index is 13.6. The Labute approximate surface area is 146 Å².